The van der Waals surface area contributed by atoms with E-state index in [-0.39, 0.29) is 6.03 Å². The van der Waals surface area contributed by atoms with Crippen molar-refractivity contribution in [2.45, 2.75) is 19.3 Å². The average Bonchev–Trinajstić information content (AvgIpc) is 3.22. The summed E-state index contributed by atoms with van der Waals surface area (Å²) in [7, 11) is 3.88. The van der Waals surface area contributed by atoms with Gasteiger partial charge in [0.25, 0.3) is 0 Å². The molecule has 0 radical (unpaired) electrons. The Labute approximate surface area is 175 Å². The third-order valence-corrected chi connectivity index (χ3v) is 6.04. The third-order valence-electron chi connectivity index (χ3n) is 6.04. The lowest BCUT2D eigenvalue weighted by atomic mass is 10.1. The number of urea groups is 1. The molecule has 0 aromatic heterocycles. The van der Waals surface area contributed by atoms with Crippen molar-refractivity contribution >= 4 is 11.7 Å². The number of nitrogens with zero attached hydrogens (tertiary/aromatic N) is 3. The smallest absolute Gasteiger partial charge is 0.314 e. The average molecular weight is 404 g/mol. The molecule has 2 aliphatic heterocycles. The fourth-order valence-electron chi connectivity index (χ4n) is 4.07. The van der Waals surface area contributed by atoms with Crippen LogP contribution in [0.3, 0.4) is 0 Å². The van der Waals surface area contributed by atoms with Gasteiger partial charge >= 0.3 is 6.03 Å². The number of carbonyl (C=O) groups excluding carboxylic acids is 1. The first-order chi connectivity index (χ1) is 14.1. The van der Waals surface area contributed by atoms with E-state index in [4.69, 9.17) is 4.74 Å². The standard InChI is InChI=1S/C22H37N5O2/c1-25-12-14-26(15-13-25)10-4-3-9-23-22(28)24-17-19-8-11-27(18-19)20-6-5-7-21(16-20)29-2/h5-7,16,19H,3-4,8-15,17-18H2,1-2H3,(H2,23,24,28). The van der Waals surface area contributed by atoms with Crippen LogP contribution in [0, 0.1) is 5.92 Å². The topological polar surface area (TPSA) is 60.1 Å². The summed E-state index contributed by atoms with van der Waals surface area (Å²) in [6.07, 6.45) is 3.28. The molecule has 2 fully saturated rings. The van der Waals surface area contributed by atoms with E-state index in [1.54, 1.807) is 7.11 Å². The summed E-state index contributed by atoms with van der Waals surface area (Å²) in [5, 5.41) is 6.05. The minimum atomic E-state index is -0.0376. The monoisotopic (exact) mass is 403 g/mol. The van der Waals surface area contributed by atoms with Crippen LogP contribution in [0.25, 0.3) is 0 Å². The second-order valence-electron chi connectivity index (χ2n) is 8.29. The van der Waals surface area contributed by atoms with Gasteiger partial charge in [0.15, 0.2) is 0 Å². The van der Waals surface area contributed by atoms with Gasteiger partial charge in [0.2, 0.25) is 0 Å². The quantitative estimate of drug-likeness (QED) is 0.616. The first-order valence-corrected chi connectivity index (χ1v) is 11.0. The van der Waals surface area contributed by atoms with Crippen LogP contribution in [0.2, 0.25) is 0 Å². The number of carbonyl (C=O) groups is 1. The van der Waals surface area contributed by atoms with E-state index in [1.165, 1.54) is 18.8 Å². The van der Waals surface area contributed by atoms with Gasteiger partial charge in [-0.05, 0) is 50.9 Å². The van der Waals surface area contributed by atoms with Gasteiger partial charge in [0.1, 0.15) is 5.75 Å². The Bertz CT molecular complexity index is 633. The molecule has 0 aliphatic carbocycles. The molecule has 0 bridgehead atoms. The first-order valence-electron chi connectivity index (χ1n) is 11.0. The maximum absolute atomic E-state index is 12.1. The predicted molar refractivity (Wildman–Crippen MR) is 118 cm³/mol. The van der Waals surface area contributed by atoms with E-state index in [0.29, 0.717) is 5.92 Å². The number of anilines is 1. The fraction of sp³-hybridized carbons (Fsp3) is 0.682. The Hall–Kier alpha value is -1.99. The lowest BCUT2D eigenvalue weighted by molar-refractivity contribution is 0.152. The molecule has 1 atom stereocenters. The number of ether oxygens (including phenoxy) is 1. The normalized spacial score (nSPS) is 20.6. The molecule has 2 saturated heterocycles. The van der Waals surface area contributed by atoms with Crippen molar-refractivity contribution < 1.29 is 9.53 Å². The number of amides is 2. The highest BCUT2D eigenvalue weighted by atomic mass is 16.5. The van der Waals surface area contributed by atoms with E-state index in [0.717, 1.165) is 70.8 Å². The number of unbranched alkanes of at least 4 members (excludes halogenated alkanes) is 1. The van der Waals surface area contributed by atoms with Gasteiger partial charge in [-0.1, -0.05) is 6.07 Å². The minimum absolute atomic E-state index is 0.0376. The van der Waals surface area contributed by atoms with Gasteiger partial charge in [-0.15, -0.1) is 0 Å². The van der Waals surface area contributed by atoms with Crippen molar-refractivity contribution in [3.05, 3.63) is 24.3 Å². The molecule has 2 heterocycles. The molecule has 2 amide bonds. The molecular weight excluding hydrogens is 366 g/mol. The fourth-order valence-corrected chi connectivity index (χ4v) is 4.07. The summed E-state index contributed by atoms with van der Waals surface area (Å²) in [6.45, 7) is 9.27. The first kappa shape index (κ1) is 21.7. The number of likely N-dealkylation sites (N-methyl/N-ethyl adjacent to an activating group) is 1. The van der Waals surface area contributed by atoms with Crippen molar-refractivity contribution in [1.29, 1.82) is 0 Å². The molecule has 2 N–H and O–H groups in total. The number of piperazine rings is 1. The molecule has 1 aromatic carbocycles. The lowest BCUT2D eigenvalue weighted by Crippen LogP contribution is -2.44. The maximum atomic E-state index is 12.1. The van der Waals surface area contributed by atoms with E-state index in [1.807, 2.05) is 12.1 Å². The van der Waals surface area contributed by atoms with Crippen LogP contribution in [0.4, 0.5) is 10.5 Å². The summed E-state index contributed by atoms with van der Waals surface area (Å²) >= 11 is 0. The number of hydrogen-bond donors (Lipinski definition) is 2. The van der Waals surface area contributed by atoms with Crippen molar-refractivity contribution in [2.24, 2.45) is 5.92 Å². The number of hydrogen-bond acceptors (Lipinski definition) is 5. The zero-order valence-electron chi connectivity index (χ0n) is 18.0. The van der Waals surface area contributed by atoms with E-state index < -0.39 is 0 Å². The number of methoxy groups -OCH3 is 1. The van der Waals surface area contributed by atoms with E-state index in [9.17, 15) is 4.79 Å². The van der Waals surface area contributed by atoms with Crippen molar-refractivity contribution in [2.75, 3.05) is 78.0 Å². The molecule has 0 spiro atoms. The van der Waals surface area contributed by atoms with Gasteiger partial charge in [0.05, 0.1) is 7.11 Å². The molecular formula is C22H37N5O2. The highest BCUT2D eigenvalue weighted by molar-refractivity contribution is 5.73. The van der Waals surface area contributed by atoms with E-state index >= 15 is 0 Å². The van der Waals surface area contributed by atoms with Gasteiger partial charge in [-0.2, -0.15) is 0 Å². The molecule has 1 unspecified atom stereocenters. The largest absolute Gasteiger partial charge is 0.497 e. The summed E-state index contributed by atoms with van der Waals surface area (Å²) in [6, 6.07) is 8.15. The number of nitrogens with one attached hydrogen (secondary N) is 2. The summed E-state index contributed by atoms with van der Waals surface area (Å²) in [4.78, 5) is 19.3. The zero-order chi connectivity index (χ0) is 20.5. The SMILES string of the molecule is COc1cccc(N2CCC(CNC(=O)NCCCCN3CCN(C)CC3)C2)c1. The van der Waals surface area contributed by atoms with Crippen LogP contribution >= 0.6 is 0 Å². The van der Waals surface area contributed by atoms with Crippen LogP contribution in [0.5, 0.6) is 5.75 Å². The highest BCUT2D eigenvalue weighted by Crippen LogP contribution is 2.26. The van der Waals surface area contributed by atoms with Gasteiger partial charge < -0.3 is 30.1 Å². The summed E-state index contributed by atoms with van der Waals surface area (Å²) < 4.78 is 5.32. The molecule has 0 saturated carbocycles. The van der Waals surface area contributed by atoms with Crippen LogP contribution in [0.15, 0.2) is 24.3 Å². The predicted octanol–water partition coefficient (Wildman–Crippen LogP) is 1.85. The van der Waals surface area contributed by atoms with Crippen LogP contribution in [0.1, 0.15) is 19.3 Å². The van der Waals surface area contributed by atoms with Crippen molar-refractivity contribution in [3.63, 3.8) is 0 Å². The van der Waals surface area contributed by atoms with Gasteiger partial charge in [-0.3, -0.25) is 0 Å². The van der Waals surface area contributed by atoms with E-state index in [2.05, 4.69) is 44.5 Å². The summed E-state index contributed by atoms with van der Waals surface area (Å²) in [5.41, 5.74) is 1.19. The molecule has 162 valence electrons. The lowest BCUT2D eigenvalue weighted by Gasteiger charge is -2.32. The zero-order valence-corrected chi connectivity index (χ0v) is 18.0. The molecule has 7 heteroatoms. The second kappa shape index (κ2) is 11.3. The summed E-state index contributed by atoms with van der Waals surface area (Å²) in [5.74, 6) is 1.38. The Morgan fingerprint density at radius 3 is 2.76 bits per heavy atom. The van der Waals surface area contributed by atoms with Crippen molar-refractivity contribution in [3.8, 4) is 5.75 Å². The Morgan fingerprint density at radius 1 is 1.14 bits per heavy atom. The Morgan fingerprint density at radius 2 is 1.97 bits per heavy atom. The van der Waals surface area contributed by atoms with Crippen LogP contribution in [-0.2, 0) is 0 Å². The molecule has 29 heavy (non-hydrogen) atoms. The highest BCUT2D eigenvalue weighted by Gasteiger charge is 2.23. The molecule has 7 nitrogen and oxygen atoms in total. The van der Waals surface area contributed by atoms with Crippen LogP contribution < -0.4 is 20.3 Å². The Balaban J connectivity index is 1.24. The Kier molecular flexibility index (Phi) is 8.43. The second-order valence-corrected chi connectivity index (χ2v) is 8.29. The van der Waals surface area contributed by atoms with Crippen LogP contribution in [-0.4, -0.2) is 88.9 Å². The third kappa shape index (κ3) is 7.08. The molecule has 3 rings (SSSR count). The van der Waals surface area contributed by atoms with Crippen molar-refractivity contribution in [1.82, 2.24) is 20.4 Å². The molecule has 1 aromatic rings. The molecule has 2 aliphatic rings. The van der Waals surface area contributed by atoms with Gasteiger partial charge in [0, 0.05) is 64.1 Å². The number of rotatable bonds is 9. The number of benzene rings is 1. The van der Waals surface area contributed by atoms with Gasteiger partial charge in [-0.25, -0.2) is 4.79 Å². The maximum Gasteiger partial charge on any atom is 0.314 e. The minimum Gasteiger partial charge on any atom is -0.497 e.